The average Bonchev–Trinajstić information content (AvgIpc) is 3.22. The third-order valence-corrected chi connectivity index (χ3v) is 5.65. The zero-order valence-electron chi connectivity index (χ0n) is 15.8. The molecular weight excluding hydrogens is 340 g/mol. The fourth-order valence-electron chi connectivity index (χ4n) is 4.15. The summed E-state index contributed by atoms with van der Waals surface area (Å²) < 4.78 is 5.46. The monoisotopic (exact) mass is 368 g/mol. The Hall–Kier alpha value is -2.18. The number of pyridine rings is 1. The molecule has 0 aromatic carbocycles. The second-order valence-corrected chi connectivity index (χ2v) is 7.61. The van der Waals surface area contributed by atoms with E-state index in [4.69, 9.17) is 4.42 Å². The van der Waals surface area contributed by atoms with Gasteiger partial charge in [0, 0.05) is 51.7 Å². The van der Waals surface area contributed by atoms with Crippen LogP contribution in [0, 0.1) is 5.92 Å². The van der Waals surface area contributed by atoms with Crippen molar-refractivity contribution in [2.24, 2.45) is 5.92 Å². The van der Waals surface area contributed by atoms with E-state index in [0.29, 0.717) is 5.91 Å². The molecule has 2 saturated heterocycles. The Bertz CT molecular complexity index is 711. The Morgan fingerprint density at radius 3 is 2.59 bits per heavy atom. The van der Waals surface area contributed by atoms with Gasteiger partial charge >= 0.3 is 0 Å². The van der Waals surface area contributed by atoms with Crippen LogP contribution in [0.1, 0.15) is 24.2 Å². The minimum Gasteiger partial charge on any atom is -0.468 e. The van der Waals surface area contributed by atoms with Gasteiger partial charge in [-0.2, -0.15) is 0 Å². The van der Waals surface area contributed by atoms with Gasteiger partial charge in [-0.15, -0.1) is 0 Å². The van der Waals surface area contributed by atoms with Gasteiger partial charge in [0.15, 0.2) is 0 Å². The SMILES string of the molecule is O=C([C@@H]1CCCN(Cc2ccco2)C1)N1CCN(Cc2ccncc2)CC1. The van der Waals surface area contributed by atoms with E-state index in [9.17, 15) is 4.79 Å². The summed E-state index contributed by atoms with van der Waals surface area (Å²) in [7, 11) is 0. The minimum atomic E-state index is 0.125. The molecule has 0 unspecified atom stereocenters. The van der Waals surface area contributed by atoms with Gasteiger partial charge in [0.2, 0.25) is 5.91 Å². The molecule has 2 aromatic heterocycles. The number of hydrogen-bond donors (Lipinski definition) is 0. The fourth-order valence-corrected chi connectivity index (χ4v) is 4.15. The van der Waals surface area contributed by atoms with Crippen molar-refractivity contribution in [2.45, 2.75) is 25.9 Å². The summed E-state index contributed by atoms with van der Waals surface area (Å²) in [5.41, 5.74) is 1.28. The Balaban J connectivity index is 1.26. The number of amides is 1. The fraction of sp³-hybridized carbons (Fsp3) is 0.524. The van der Waals surface area contributed by atoms with Crippen LogP contribution in [-0.4, -0.2) is 64.9 Å². The second kappa shape index (κ2) is 8.67. The topological polar surface area (TPSA) is 52.8 Å². The molecule has 2 aliphatic heterocycles. The molecule has 0 N–H and O–H groups in total. The molecule has 2 fully saturated rings. The number of likely N-dealkylation sites (tertiary alicyclic amines) is 1. The Morgan fingerprint density at radius 2 is 1.85 bits per heavy atom. The molecular formula is C21H28N4O2. The number of carbonyl (C=O) groups is 1. The first-order valence-corrected chi connectivity index (χ1v) is 9.93. The first-order chi connectivity index (χ1) is 13.3. The van der Waals surface area contributed by atoms with Crippen molar-refractivity contribution in [3.63, 3.8) is 0 Å². The molecule has 4 heterocycles. The van der Waals surface area contributed by atoms with Gasteiger partial charge in [-0.05, 0) is 49.2 Å². The molecule has 1 amide bonds. The Kier molecular flexibility index (Phi) is 5.84. The summed E-state index contributed by atoms with van der Waals surface area (Å²) >= 11 is 0. The third kappa shape index (κ3) is 4.76. The third-order valence-electron chi connectivity index (χ3n) is 5.65. The lowest BCUT2D eigenvalue weighted by Gasteiger charge is -2.39. The second-order valence-electron chi connectivity index (χ2n) is 7.61. The van der Waals surface area contributed by atoms with Crippen molar-refractivity contribution in [1.82, 2.24) is 19.7 Å². The number of hydrogen-bond acceptors (Lipinski definition) is 5. The van der Waals surface area contributed by atoms with Crippen LogP contribution in [0.25, 0.3) is 0 Å². The van der Waals surface area contributed by atoms with E-state index in [1.807, 2.05) is 24.5 Å². The maximum atomic E-state index is 13.0. The van der Waals surface area contributed by atoms with Crippen LogP contribution in [0.15, 0.2) is 47.3 Å². The van der Waals surface area contributed by atoms with Crippen molar-refractivity contribution in [2.75, 3.05) is 39.3 Å². The molecule has 0 saturated carbocycles. The molecule has 0 radical (unpaired) electrons. The van der Waals surface area contributed by atoms with E-state index in [1.54, 1.807) is 6.26 Å². The molecule has 4 rings (SSSR count). The highest BCUT2D eigenvalue weighted by Gasteiger charge is 2.31. The van der Waals surface area contributed by atoms with Gasteiger partial charge in [0.25, 0.3) is 0 Å². The molecule has 6 heteroatoms. The first-order valence-electron chi connectivity index (χ1n) is 9.93. The van der Waals surface area contributed by atoms with E-state index < -0.39 is 0 Å². The van der Waals surface area contributed by atoms with Gasteiger partial charge in [0.05, 0.1) is 18.7 Å². The molecule has 0 spiro atoms. The Labute approximate surface area is 160 Å². The maximum absolute atomic E-state index is 13.0. The number of piperidine rings is 1. The summed E-state index contributed by atoms with van der Waals surface area (Å²) in [6.45, 7) is 7.17. The molecule has 1 atom stereocenters. The molecule has 6 nitrogen and oxygen atoms in total. The molecule has 2 aromatic rings. The zero-order chi connectivity index (χ0) is 18.5. The summed E-state index contributed by atoms with van der Waals surface area (Å²) in [6, 6.07) is 8.06. The van der Waals surface area contributed by atoms with Crippen molar-refractivity contribution in [1.29, 1.82) is 0 Å². The minimum absolute atomic E-state index is 0.125. The van der Waals surface area contributed by atoms with Gasteiger partial charge in [0.1, 0.15) is 5.76 Å². The number of carbonyl (C=O) groups excluding carboxylic acids is 1. The number of nitrogens with zero attached hydrogens (tertiary/aromatic N) is 4. The molecule has 2 aliphatic rings. The molecule has 144 valence electrons. The van der Waals surface area contributed by atoms with E-state index in [1.165, 1.54) is 5.56 Å². The molecule has 0 bridgehead atoms. The van der Waals surface area contributed by atoms with Crippen LogP contribution in [0.2, 0.25) is 0 Å². The number of rotatable bonds is 5. The average molecular weight is 368 g/mol. The smallest absolute Gasteiger partial charge is 0.227 e. The first kappa shape index (κ1) is 18.2. The number of piperazine rings is 1. The normalized spacial score (nSPS) is 22.1. The van der Waals surface area contributed by atoms with E-state index in [2.05, 4.69) is 31.8 Å². The lowest BCUT2D eigenvalue weighted by Crippen LogP contribution is -2.52. The van der Waals surface area contributed by atoms with E-state index in [0.717, 1.165) is 71.0 Å². The quantitative estimate of drug-likeness (QED) is 0.810. The molecule has 27 heavy (non-hydrogen) atoms. The number of furan rings is 1. The summed E-state index contributed by atoms with van der Waals surface area (Å²) in [6.07, 6.45) is 7.48. The van der Waals surface area contributed by atoms with E-state index >= 15 is 0 Å². The van der Waals surface area contributed by atoms with Gasteiger partial charge in [-0.1, -0.05) is 0 Å². The predicted octanol–water partition coefficient (Wildman–Crippen LogP) is 2.23. The van der Waals surface area contributed by atoms with E-state index in [-0.39, 0.29) is 5.92 Å². The Morgan fingerprint density at radius 1 is 1.04 bits per heavy atom. The van der Waals surface area contributed by atoms with Crippen molar-refractivity contribution < 1.29 is 9.21 Å². The summed E-state index contributed by atoms with van der Waals surface area (Å²) in [4.78, 5) is 23.9. The van der Waals surface area contributed by atoms with Crippen LogP contribution in [0.4, 0.5) is 0 Å². The van der Waals surface area contributed by atoms with Crippen LogP contribution in [-0.2, 0) is 17.9 Å². The van der Waals surface area contributed by atoms with Crippen molar-refractivity contribution in [3.8, 4) is 0 Å². The summed E-state index contributed by atoms with van der Waals surface area (Å²) in [5, 5.41) is 0. The highest BCUT2D eigenvalue weighted by atomic mass is 16.3. The summed E-state index contributed by atoms with van der Waals surface area (Å²) in [5.74, 6) is 1.44. The molecule has 0 aliphatic carbocycles. The maximum Gasteiger partial charge on any atom is 0.227 e. The largest absolute Gasteiger partial charge is 0.468 e. The van der Waals surface area contributed by atoms with Gasteiger partial charge in [-0.3, -0.25) is 19.6 Å². The van der Waals surface area contributed by atoms with Crippen molar-refractivity contribution in [3.05, 3.63) is 54.2 Å². The van der Waals surface area contributed by atoms with Gasteiger partial charge < -0.3 is 9.32 Å². The zero-order valence-corrected chi connectivity index (χ0v) is 15.8. The predicted molar refractivity (Wildman–Crippen MR) is 103 cm³/mol. The standard InChI is InChI=1S/C21H28N4O2/c26-21(19-3-1-9-24(16-19)17-20-4-2-14-27-20)25-12-10-23(11-13-25)15-18-5-7-22-8-6-18/h2,4-8,14,19H,1,3,9-13,15-17H2/t19-/m1/s1. The van der Waals surface area contributed by atoms with Gasteiger partial charge in [-0.25, -0.2) is 0 Å². The van der Waals surface area contributed by atoms with Crippen LogP contribution >= 0.6 is 0 Å². The van der Waals surface area contributed by atoms with Crippen LogP contribution in [0.3, 0.4) is 0 Å². The lowest BCUT2D eigenvalue weighted by molar-refractivity contribution is -0.139. The van der Waals surface area contributed by atoms with Crippen molar-refractivity contribution >= 4 is 5.91 Å². The lowest BCUT2D eigenvalue weighted by atomic mass is 9.96. The highest BCUT2D eigenvalue weighted by Crippen LogP contribution is 2.21. The number of aromatic nitrogens is 1. The van der Waals surface area contributed by atoms with Crippen LogP contribution < -0.4 is 0 Å². The highest BCUT2D eigenvalue weighted by molar-refractivity contribution is 5.79. The van der Waals surface area contributed by atoms with Crippen LogP contribution in [0.5, 0.6) is 0 Å².